The summed E-state index contributed by atoms with van der Waals surface area (Å²) in [7, 11) is -3.73. The van der Waals surface area contributed by atoms with Gasteiger partial charge in [-0.15, -0.1) is 0 Å². The predicted molar refractivity (Wildman–Crippen MR) is 121 cm³/mol. The zero-order valence-corrected chi connectivity index (χ0v) is 19.7. The van der Waals surface area contributed by atoms with Crippen molar-refractivity contribution >= 4 is 27.5 Å². The highest BCUT2D eigenvalue weighted by Gasteiger charge is 2.35. The summed E-state index contributed by atoms with van der Waals surface area (Å²) in [6, 6.07) is 3.43. The van der Waals surface area contributed by atoms with E-state index in [0.29, 0.717) is 49.4 Å². The van der Waals surface area contributed by atoms with E-state index in [1.165, 1.54) is 16.8 Å². The first-order chi connectivity index (χ1) is 15.3. The van der Waals surface area contributed by atoms with Gasteiger partial charge >= 0.3 is 0 Å². The Balaban J connectivity index is 1.43. The highest BCUT2D eigenvalue weighted by Crippen LogP contribution is 2.36. The minimum Gasteiger partial charge on any atom is -0.478 e. The van der Waals surface area contributed by atoms with Gasteiger partial charge in [-0.1, -0.05) is 26.2 Å². The van der Waals surface area contributed by atoms with Crippen LogP contribution in [0.2, 0.25) is 0 Å². The first-order valence-corrected chi connectivity index (χ1v) is 13.2. The lowest BCUT2D eigenvalue weighted by Crippen LogP contribution is -2.45. The van der Waals surface area contributed by atoms with Crippen molar-refractivity contribution in [1.82, 2.24) is 9.62 Å². The molecule has 1 aliphatic carbocycles. The fraction of sp³-hybridized carbons (Fsp3) is 0.652. The number of hydrogen-bond donors (Lipinski definition) is 2. The van der Waals surface area contributed by atoms with Gasteiger partial charge in [-0.05, 0) is 50.7 Å². The molecule has 0 radical (unpaired) electrons. The van der Waals surface area contributed by atoms with Gasteiger partial charge in [0.05, 0.1) is 10.6 Å². The summed E-state index contributed by atoms with van der Waals surface area (Å²) in [5.41, 5.74) is 1.05. The van der Waals surface area contributed by atoms with Crippen molar-refractivity contribution in [3.63, 3.8) is 0 Å². The molecule has 0 bridgehead atoms. The Bertz CT molecular complexity index is 980. The van der Waals surface area contributed by atoms with Gasteiger partial charge < -0.3 is 15.4 Å². The van der Waals surface area contributed by atoms with E-state index in [-0.39, 0.29) is 28.7 Å². The third-order valence-electron chi connectivity index (χ3n) is 6.86. The molecule has 9 heteroatoms. The Labute approximate surface area is 190 Å². The van der Waals surface area contributed by atoms with Crippen LogP contribution >= 0.6 is 0 Å². The second-order valence-corrected chi connectivity index (χ2v) is 11.0. The van der Waals surface area contributed by atoms with E-state index >= 15 is 0 Å². The molecule has 1 aromatic carbocycles. The van der Waals surface area contributed by atoms with Gasteiger partial charge in [-0.2, -0.15) is 4.31 Å². The number of rotatable bonds is 5. The lowest BCUT2D eigenvalue weighted by molar-refractivity contribution is -0.127. The summed E-state index contributed by atoms with van der Waals surface area (Å²) in [6.45, 7) is 4.19. The molecule has 8 nitrogen and oxygen atoms in total. The molecule has 0 aromatic heterocycles. The fourth-order valence-corrected chi connectivity index (χ4v) is 6.59. The lowest BCUT2D eigenvalue weighted by Gasteiger charge is -2.33. The normalized spacial score (nSPS) is 23.2. The maximum atomic E-state index is 13.4. The maximum absolute atomic E-state index is 13.4. The Morgan fingerprint density at radius 1 is 1.16 bits per heavy atom. The van der Waals surface area contributed by atoms with E-state index in [1.807, 2.05) is 6.92 Å². The van der Waals surface area contributed by atoms with Gasteiger partial charge in [0.1, 0.15) is 5.75 Å². The molecule has 2 N–H and O–H groups in total. The van der Waals surface area contributed by atoms with Crippen molar-refractivity contribution in [3.05, 3.63) is 17.7 Å². The molecule has 32 heavy (non-hydrogen) atoms. The van der Waals surface area contributed by atoms with Crippen LogP contribution in [0.25, 0.3) is 0 Å². The molecule has 1 saturated heterocycles. The monoisotopic (exact) mass is 463 g/mol. The first-order valence-electron chi connectivity index (χ1n) is 11.7. The highest BCUT2D eigenvalue weighted by atomic mass is 32.2. The number of piperidine rings is 1. The number of hydrogen-bond acceptors (Lipinski definition) is 5. The number of nitrogens with zero attached hydrogens (tertiary/aromatic N) is 1. The van der Waals surface area contributed by atoms with Crippen LogP contribution in [0, 0.1) is 12.8 Å². The fourth-order valence-electron chi connectivity index (χ4n) is 4.89. The van der Waals surface area contributed by atoms with E-state index in [9.17, 15) is 18.0 Å². The Kier molecular flexibility index (Phi) is 6.76. The Morgan fingerprint density at radius 2 is 1.84 bits per heavy atom. The third-order valence-corrected chi connectivity index (χ3v) is 8.90. The molecule has 3 aliphatic rings. The van der Waals surface area contributed by atoms with Gasteiger partial charge in [-0.3, -0.25) is 9.59 Å². The number of fused-ring (bicyclic) bond motifs is 1. The van der Waals surface area contributed by atoms with E-state index in [1.54, 1.807) is 13.0 Å². The summed E-state index contributed by atoms with van der Waals surface area (Å²) in [5.74, 6) is 0.0801. The van der Waals surface area contributed by atoms with Crippen LogP contribution in [0.15, 0.2) is 17.0 Å². The molecule has 1 unspecified atom stereocenters. The van der Waals surface area contributed by atoms with Crippen molar-refractivity contribution in [2.45, 2.75) is 82.3 Å². The second kappa shape index (κ2) is 9.39. The molecule has 2 aliphatic heterocycles. The van der Waals surface area contributed by atoms with Crippen LogP contribution in [0.3, 0.4) is 0 Å². The Morgan fingerprint density at radius 3 is 2.50 bits per heavy atom. The summed E-state index contributed by atoms with van der Waals surface area (Å²) < 4.78 is 34.0. The first kappa shape index (κ1) is 23.0. The molecule has 2 heterocycles. The van der Waals surface area contributed by atoms with Crippen molar-refractivity contribution in [2.24, 2.45) is 5.92 Å². The van der Waals surface area contributed by atoms with Gasteiger partial charge in [-0.25, -0.2) is 8.42 Å². The molecule has 1 saturated carbocycles. The SMILES string of the molecule is CCC1Oc2cc(S(=O)(=O)N3CCC(C(=O)NC4CCCCC4)CC3)c(C)cc2NC1=O. The summed E-state index contributed by atoms with van der Waals surface area (Å²) >= 11 is 0. The molecule has 1 aromatic rings. The van der Waals surface area contributed by atoms with Crippen LogP contribution in [0.1, 0.15) is 63.9 Å². The Hall–Kier alpha value is -2.13. The van der Waals surface area contributed by atoms with Crippen molar-refractivity contribution < 1.29 is 22.7 Å². The number of carbonyl (C=O) groups is 2. The average molecular weight is 464 g/mol. The van der Waals surface area contributed by atoms with Crippen LogP contribution in [0.5, 0.6) is 5.75 Å². The highest BCUT2D eigenvalue weighted by molar-refractivity contribution is 7.89. The number of sulfonamides is 1. The van der Waals surface area contributed by atoms with Crippen LogP contribution in [-0.4, -0.2) is 49.8 Å². The molecule has 0 spiro atoms. The minimum absolute atomic E-state index is 0.0636. The molecule has 176 valence electrons. The standard InChI is InChI=1S/C23H33N3O5S/c1-3-19-23(28)25-18-13-15(2)21(14-20(18)31-19)32(29,30)26-11-9-16(10-12-26)22(27)24-17-7-5-4-6-8-17/h13-14,16-17,19H,3-12H2,1-2H3,(H,24,27)(H,25,28). The zero-order chi connectivity index (χ0) is 22.9. The topological polar surface area (TPSA) is 105 Å². The summed E-state index contributed by atoms with van der Waals surface area (Å²) in [6.07, 6.45) is 6.55. The number of benzene rings is 1. The third kappa shape index (κ3) is 4.64. The lowest BCUT2D eigenvalue weighted by atomic mass is 9.93. The maximum Gasteiger partial charge on any atom is 0.265 e. The van der Waals surface area contributed by atoms with Gasteiger partial charge in [0.25, 0.3) is 5.91 Å². The number of aryl methyl sites for hydroxylation is 1. The minimum atomic E-state index is -3.73. The smallest absolute Gasteiger partial charge is 0.265 e. The average Bonchev–Trinajstić information content (AvgIpc) is 2.79. The molecule has 4 rings (SSSR count). The molecule has 2 fully saturated rings. The largest absolute Gasteiger partial charge is 0.478 e. The van der Waals surface area contributed by atoms with Gasteiger partial charge in [0.15, 0.2) is 6.10 Å². The number of carbonyl (C=O) groups excluding carboxylic acids is 2. The van der Waals surface area contributed by atoms with Crippen LogP contribution in [-0.2, 0) is 19.6 Å². The second-order valence-electron chi connectivity index (χ2n) is 9.14. The van der Waals surface area contributed by atoms with E-state index in [2.05, 4.69) is 10.6 Å². The predicted octanol–water partition coefficient (Wildman–Crippen LogP) is 2.95. The molecule has 1 atom stereocenters. The number of ether oxygens (including phenoxy) is 1. The quantitative estimate of drug-likeness (QED) is 0.699. The van der Waals surface area contributed by atoms with Gasteiger partial charge in [0.2, 0.25) is 15.9 Å². The van der Waals surface area contributed by atoms with Crippen LogP contribution < -0.4 is 15.4 Å². The molecular weight excluding hydrogens is 430 g/mol. The zero-order valence-electron chi connectivity index (χ0n) is 18.9. The molecule has 2 amide bonds. The van der Waals surface area contributed by atoms with E-state index in [4.69, 9.17) is 4.74 Å². The summed E-state index contributed by atoms with van der Waals surface area (Å²) in [5, 5.41) is 5.97. The van der Waals surface area contributed by atoms with Crippen molar-refractivity contribution in [1.29, 1.82) is 0 Å². The number of nitrogens with one attached hydrogen (secondary N) is 2. The van der Waals surface area contributed by atoms with E-state index in [0.717, 1.165) is 25.7 Å². The van der Waals surface area contributed by atoms with E-state index < -0.39 is 16.1 Å². The van der Waals surface area contributed by atoms with Crippen molar-refractivity contribution in [3.8, 4) is 5.75 Å². The van der Waals surface area contributed by atoms with Crippen LogP contribution in [0.4, 0.5) is 5.69 Å². The summed E-state index contributed by atoms with van der Waals surface area (Å²) in [4.78, 5) is 24.9. The van der Waals surface area contributed by atoms with Gasteiger partial charge in [0, 0.05) is 31.1 Å². The number of amides is 2. The van der Waals surface area contributed by atoms with Crippen molar-refractivity contribution in [2.75, 3.05) is 18.4 Å². The molecular formula is C23H33N3O5S. The number of anilines is 1.